The average Bonchev–Trinajstić information content (AvgIpc) is 2.66. The van der Waals surface area contributed by atoms with E-state index in [1.54, 1.807) is 0 Å². The number of hydrogen-bond acceptors (Lipinski definition) is 2. The summed E-state index contributed by atoms with van der Waals surface area (Å²) in [5.41, 5.74) is 0. The molecular weight excluding hydrogens is 138 g/mol. The summed E-state index contributed by atoms with van der Waals surface area (Å²) >= 11 is 0. The standard InChI is InChI=1S/C9H17NO/c1(2-8-3-4-8)5-10-9-6-11-7-9/h8-10H,1-7H2. The van der Waals surface area contributed by atoms with Gasteiger partial charge in [-0.1, -0.05) is 12.8 Å². The van der Waals surface area contributed by atoms with Crippen LogP contribution in [-0.2, 0) is 4.74 Å². The minimum Gasteiger partial charge on any atom is -0.378 e. The van der Waals surface area contributed by atoms with E-state index >= 15 is 0 Å². The van der Waals surface area contributed by atoms with Gasteiger partial charge in [-0.2, -0.15) is 0 Å². The van der Waals surface area contributed by atoms with E-state index in [0.29, 0.717) is 6.04 Å². The van der Waals surface area contributed by atoms with Crippen LogP contribution in [0.4, 0.5) is 0 Å². The Balaban J connectivity index is 1.40. The fourth-order valence-electron chi connectivity index (χ4n) is 1.46. The van der Waals surface area contributed by atoms with Crippen LogP contribution in [0.25, 0.3) is 0 Å². The van der Waals surface area contributed by atoms with Crippen LogP contribution in [0.1, 0.15) is 25.7 Å². The van der Waals surface area contributed by atoms with Gasteiger partial charge in [0.25, 0.3) is 0 Å². The highest BCUT2D eigenvalue weighted by Gasteiger charge is 2.21. The molecule has 0 aromatic rings. The molecule has 2 heteroatoms. The molecule has 0 bridgehead atoms. The lowest BCUT2D eigenvalue weighted by Crippen LogP contribution is -2.46. The molecule has 0 aromatic carbocycles. The zero-order valence-corrected chi connectivity index (χ0v) is 7.01. The molecule has 2 aliphatic rings. The van der Waals surface area contributed by atoms with Gasteiger partial charge >= 0.3 is 0 Å². The molecule has 1 aliphatic carbocycles. The van der Waals surface area contributed by atoms with Crippen molar-refractivity contribution in [3.8, 4) is 0 Å². The molecule has 2 fully saturated rings. The third-order valence-electron chi connectivity index (χ3n) is 2.56. The van der Waals surface area contributed by atoms with Gasteiger partial charge in [0.2, 0.25) is 0 Å². The molecule has 1 N–H and O–H groups in total. The van der Waals surface area contributed by atoms with E-state index in [0.717, 1.165) is 19.1 Å². The average molecular weight is 155 g/mol. The van der Waals surface area contributed by atoms with Crippen molar-refractivity contribution in [2.75, 3.05) is 19.8 Å². The number of rotatable bonds is 5. The molecule has 0 unspecified atom stereocenters. The zero-order chi connectivity index (χ0) is 7.52. The second-order valence-electron chi connectivity index (χ2n) is 3.77. The summed E-state index contributed by atoms with van der Waals surface area (Å²) < 4.78 is 5.06. The molecular formula is C9H17NO. The van der Waals surface area contributed by atoms with Crippen molar-refractivity contribution < 1.29 is 4.74 Å². The summed E-state index contributed by atoms with van der Waals surface area (Å²) in [5.74, 6) is 1.09. The molecule has 1 saturated heterocycles. The Morgan fingerprint density at radius 3 is 2.64 bits per heavy atom. The highest BCUT2D eigenvalue weighted by molar-refractivity contribution is 4.75. The van der Waals surface area contributed by atoms with Crippen LogP contribution in [0.5, 0.6) is 0 Å². The highest BCUT2D eigenvalue weighted by atomic mass is 16.5. The Morgan fingerprint density at radius 2 is 2.09 bits per heavy atom. The molecule has 1 heterocycles. The predicted octanol–water partition coefficient (Wildman–Crippen LogP) is 1.16. The maximum absolute atomic E-state index is 5.06. The van der Waals surface area contributed by atoms with Crippen molar-refractivity contribution in [2.45, 2.75) is 31.7 Å². The first-order valence-electron chi connectivity index (χ1n) is 4.76. The minimum absolute atomic E-state index is 0.675. The van der Waals surface area contributed by atoms with E-state index < -0.39 is 0 Å². The van der Waals surface area contributed by atoms with Crippen LogP contribution in [0.15, 0.2) is 0 Å². The number of ether oxygens (including phenoxy) is 1. The van der Waals surface area contributed by atoms with Gasteiger partial charge in [-0.05, 0) is 25.3 Å². The van der Waals surface area contributed by atoms with Gasteiger partial charge < -0.3 is 10.1 Å². The lowest BCUT2D eigenvalue weighted by molar-refractivity contribution is -0.00499. The van der Waals surface area contributed by atoms with Gasteiger partial charge in [0.05, 0.1) is 19.3 Å². The van der Waals surface area contributed by atoms with Crippen LogP contribution >= 0.6 is 0 Å². The quantitative estimate of drug-likeness (QED) is 0.602. The third-order valence-corrected chi connectivity index (χ3v) is 2.56. The Bertz CT molecular complexity index is 119. The van der Waals surface area contributed by atoms with Crippen molar-refractivity contribution in [2.24, 2.45) is 5.92 Å². The van der Waals surface area contributed by atoms with E-state index in [-0.39, 0.29) is 0 Å². The molecule has 0 atom stereocenters. The third kappa shape index (κ3) is 2.46. The first-order chi connectivity index (χ1) is 5.45. The second kappa shape index (κ2) is 3.55. The summed E-state index contributed by atoms with van der Waals surface area (Å²) in [7, 11) is 0. The first-order valence-corrected chi connectivity index (χ1v) is 4.76. The monoisotopic (exact) mass is 155 g/mol. The van der Waals surface area contributed by atoms with Crippen molar-refractivity contribution >= 4 is 0 Å². The lowest BCUT2D eigenvalue weighted by atomic mass is 10.2. The van der Waals surface area contributed by atoms with Crippen LogP contribution in [-0.4, -0.2) is 25.8 Å². The smallest absolute Gasteiger partial charge is 0.0643 e. The SMILES string of the molecule is C(CNC1COC1)CC1CC1. The fourth-order valence-corrected chi connectivity index (χ4v) is 1.46. The Hall–Kier alpha value is -0.0800. The molecule has 0 radical (unpaired) electrons. The van der Waals surface area contributed by atoms with Gasteiger partial charge in [-0.15, -0.1) is 0 Å². The lowest BCUT2D eigenvalue weighted by Gasteiger charge is -2.26. The van der Waals surface area contributed by atoms with Gasteiger partial charge in [-0.25, -0.2) is 0 Å². The second-order valence-corrected chi connectivity index (χ2v) is 3.77. The van der Waals surface area contributed by atoms with Crippen molar-refractivity contribution in [3.63, 3.8) is 0 Å². The maximum Gasteiger partial charge on any atom is 0.0643 e. The summed E-state index contributed by atoms with van der Waals surface area (Å²) in [6, 6.07) is 0.675. The summed E-state index contributed by atoms with van der Waals surface area (Å²) in [6.07, 6.45) is 5.79. The van der Waals surface area contributed by atoms with E-state index in [1.165, 1.54) is 32.2 Å². The molecule has 0 spiro atoms. The van der Waals surface area contributed by atoms with Gasteiger partial charge in [0.1, 0.15) is 0 Å². The Morgan fingerprint density at radius 1 is 1.27 bits per heavy atom. The van der Waals surface area contributed by atoms with E-state index in [1.807, 2.05) is 0 Å². The van der Waals surface area contributed by atoms with Crippen LogP contribution < -0.4 is 5.32 Å². The summed E-state index contributed by atoms with van der Waals surface area (Å²) in [6.45, 7) is 3.07. The van der Waals surface area contributed by atoms with Crippen LogP contribution in [0.3, 0.4) is 0 Å². The molecule has 64 valence electrons. The summed E-state index contributed by atoms with van der Waals surface area (Å²) in [4.78, 5) is 0. The van der Waals surface area contributed by atoms with Crippen molar-refractivity contribution in [3.05, 3.63) is 0 Å². The Labute approximate surface area is 68.3 Å². The number of hydrogen-bond donors (Lipinski definition) is 1. The van der Waals surface area contributed by atoms with Crippen molar-refractivity contribution in [1.29, 1.82) is 0 Å². The number of nitrogens with one attached hydrogen (secondary N) is 1. The zero-order valence-electron chi connectivity index (χ0n) is 7.01. The molecule has 0 amide bonds. The van der Waals surface area contributed by atoms with E-state index in [9.17, 15) is 0 Å². The highest BCUT2D eigenvalue weighted by Crippen LogP contribution is 2.33. The van der Waals surface area contributed by atoms with Gasteiger partial charge in [-0.3, -0.25) is 0 Å². The molecule has 1 saturated carbocycles. The van der Waals surface area contributed by atoms with Gasteiger partial charge in [0.15, 0.2) is 0 Å². The Kier molecular flexibility index (Phi) is 2.44. The topological polar surface area (TPSA) is 21.3 Å². The molecule has 2 rings (SSSR count). The largest absolute Gasteiger partial charge is 0.378 e. The van der Waals surface area contributed by atoms with Gasteiger partial charge in [0, 0.05) is 0 Å². The molecule has 1 aliphatic heterocycles. The van der Waals surface area contributed by atoms with Crippen LogP contribution in [0, 0.1) is 5.92 Å². The van der Waals surface area contributed by atoms with E-state index in [2.05, 4.69) is 5.32 Å². The fraction of sp³-hybridized carbons (Fsp3) is 1.00. The minimum atomic E-state index is 0.675. The first kappa shape index (κ1) is 7.56. The molecule has 0 aromatic heterocycles. The van der Waals surface area contributed by atoms with Crippen LogP contribution in [0.2, 0.25) is 0 Å². The molecule has 2 nitrogen and oxygen atoms in total. The summed E-state index contributed by atoms with van der Waals surface area (Å²) in [5, 5.41) is 3.48. The van der Waals surface area contributed by atoms with E-state index in [4.69, 9.17) is 4.74 Å². The predicted molar refractivity (Wildman–Crippen MR) is 44.6 cm³/mol. The van der Waals surface area contributed by atoms with Crippen molar-refractivity contribution in [1.82, 2.24) is 5.32 Å². The normalized spacial score (nSPS) is 25.1. The maximum atomic E-state index is 5.06. The molecule has 11 heavy (non-hydrogen) atoms.